The first-order valence-corrected chi connectivity index (χ1v) is 6.58. The SMILES string of the molecule is COC(=O)C1CC(C)(C(=O)OC)SN1C(C)(C)C. The van der Waals surface area contributed by atoms with Gasteiger partial charge >= 0.3 is 11.9 Å². The van der Waals surface area contributed by atoms with Crippen molar-refractivity contribution >= 4 is 23.9 Å². The van der Waals surface area contributed by atoms with Crippen LogP contribution in [-0.2, 0) is 19.1 Å². The van der Waals surface area contributed by atoms with Crippen LogP contribution in [0.2, 0.25) is 0 Å². The molecular formula is C12H21NO4S. The standard InChI is InChI=1S/C12H21NO4S/c1-11(2,3)13-8(9(14)16-5)7-12(4,18-13)10(15)17-6/h8H,7H2,1-6H3. The molecule has 0 bridgehead atoms. The number of carbonyl (C=O) groups excluding carboxylic acids is 2. The van der Waals surface area contributed by atoms with Crippen LogP contribution in [0.5, 0.6) is 0 Å². The van der Waals surface area contributed by atoms with Crippen molar-refractivity contribution in [2.24, 2.45) is 0 Å². The van der Waals surface area contributed by atoms with Crippen LogP contribution in [0.25, 0.3) is 0 Å². The number of ether oxygens (including phenoxy) is 2. The van der Waals surface area contributed by atoms with Gasteiger partial charge in [-0.3, -0.25) is 9.59 Å². The molecule has 5 nitrogen and oxygen atoms in total. The minimum absolute atomic E-state index is 0.241. The topological polar surface area (TPSA) is 55.8 Å². The van der Waals surface area contributed by atoms with Crippen molar-refractivity contribution in [1.29, 1.82) is 0 Å². The summed E-state index contributed by atoms with van der Waals surface area (Å²) in [7, 11) is 2.72. The number of rotatable bonds is 2. The minimum Gasteiger partial charge on any atom is -0.468 e. The van der Waals surface area contributed by atoms with Gasteiger partial charge in [-0.25, -0.2) is 4.31 Å². The monoisotopic (exact) mass is 275 g/mol. The zero-order valence-corrected chi connectivity index (χ0v) is 12.6. The molecule has 0 amide bonds. The molecule has 2 unspecified atom stereocenters. The van der Waals surface area contributed by atoms with E-state index in [2.05, 4.69) is 0 Å². The Balaban J connectivity index is 3.03. The minimum atomic E-state index is -0.735. The van der Waals surface area contributed by atoms with Crippen LogP contribution in [0.3, 0.4) is 0 Å². The van der Waals surface area contributed by atoms with Crippen LogP contribution in [0, 0.1) is 0 Å². The maximum absolute atomic E-state index is 11.8. The van der Waals surface area contributed by atoms with Gasteiger partial charge < -0.3 is 9.47 Å². The zero-order chi connectivity index (χ0) is 14.1. The maximum atomic E-state index is 11.8. The molecule has 0 saturated carbocycles. The Hall–Kier alpha value is -0.750. The maximum Gasteiger partial charge on any atom is 0.324 e. The summed E-state index contributed by atoms with van der Waals surface area (Å²) in [6.45, 7) is 7.79. The lowest BCUT2D eigenvalue weighted by Gasteiger charge is -2.34. The molecule has 6 heteroatoms. The summed E-state index contributed by atoms with van der Waals surface area (Å²) in [4.78, 5) is 23.7. The zero-order valence-electron chi connectivity index (χ0n) is 11.8. The third-order valence-electron chi connectivity index (χ3n) is 2.92. The van der Waals surface area contributed by atoms with E-state index in [0.717, 1.165) is 0 Å². The van der Waals surface area contributed by atoms with E-state index in [1.807, 2.05) is 25.1 Å². The Morgan fingerprint density at radius 2 is 1.83 bits per heavy atom. The second kappa shape index (κ2) is 5.09. The molecule has 0 aromatic heterocycles. The first-order valence-electron chi connectivity index (χ1n) is 5.80. The highest BCUT2D eigenvalue weighted by molar-refractivity contribution is 7.99. The fourth-order valence-corrected chi connectivity index (χ4v) is 3.41. The van der Waals surface area contributed by atoms with E-state index in [1.54, 1.807) is 6.92 Å². The van der Waals surface area contributed by atoms with Crippen molar-refractivity contribution < 1.29 is 19.1 Å². The molecule has 0 spiro atoms. The van der Waals surface area contributed by atoms with Crippen LogP contribution in [0.1, 0.15) is 34.1 Å². The molecule has 2 atom stereocenters. The first-order chi connectivity index (χ1) is 8.15. The highest BCUT2D eigenvalue weighted by Crippen LogP contribution is 2.47. The number of esters is 2. The predicted octanol–water partition coefficient (Wildman–Crippen LogP) is 1.61. The van der Waals surface area contributed by atoms with Gasteiger partial charge in [0, 0.05) is 12.0 Å². The Labute approximate surface area is 112 Å². The van der Waals surface area contributed by atoms with Crippen LogP contribution >= 0.6 is 11.9 Å². The van der Waals surface area contributed by atoms with Crippen molar-refractivity contribution in [3.05, 3.63) is 0 Å². The van der Waals surface area contributed by atoms with E-state index < -0.39 is 10.8 Å². The van der Waals surface area contributed by atoms with Gasteiger partial charge in [0.1, 0.15) is 10.8 Å². The van der Waals surface area contributed by atoms with Crippen molar-refractivity contribution in [2.45, 2.75) is 50.4 Å². The van der Waals surface area contributed by atoms with E-state index in [9.17, 15) is 9.59 Å². The van der Waals surface area contributed by atoms with Crippen LogP contribution in [0.4, 0.5) is 0 Å². The van der Waals surface area contributed by atoms with E-state index in [4.69, 9.17) is 9.47 Å². The van der Waals surface area contributed by atoms with E-state index >= 15 is 0 Å². The quantitative estimate of drug-likeness (QED) is 0.564. The van der Waals surface area contributed by atoms with Crippen molar-refractivity contribution in [3.8, 4) is 0 Å². The largest absolute Gasteiger partial charge is 0.468 e. The third kappa shape index (κ3) is 2.80. The summed E-state index contributed by atoms with van der Waals surface area (Å²) in [5, 5.41) is 0. The van der Waals surface area contributed by atoms with E-state index in [0.29, 0.717) is 6.42 Å². The number of hydrogen-bond acceptors (Lipinski definition) is 6. The normalized spacial score (nSPS) is 29.1. The predicted molar refractivity (Wildman–Crippen MR) is 70.0 cm³/mol. The molecule has 1 rings (SSSR count). The molecule has 1 saturated heterocycles. The summed E-state index contributed by atoms with van der Waals surface area (Å²) in [5.74, 6) is -0.627. The molecule has 0 N–H and O–H groups in total. The summed E-state index contributed by atoms with van der Waals surface area (Å²) >= 11 is 1.36. The Bertz CT molecular complexity index is 352. The molecule has 18 heavy (non-hydrogen) atoms. The van der Waals surface area contributed by atoms with Gasteiger partial charge in [-0.1, -0.05) is 11.9 Å². The van der Waals surface area contributed by atoms with Gasteiger partial charge in [-0.05, 0) is 27.7 Å². The number of methoxy groups -OCH3 is 2. The highest BCUT2D eigenvalue weighted by Gasteiger charge is 2.53. The fourth-order valence-electron chi connectivity index (χ4n) is 2.03. The number of hydrogen-bond donors (Lipinski definition) is 0. The molecule has 1 aliphatic heterocycles. The number of nitrogens with zero attached hydrogens (tertiary/aromatic N) is 1. The van der Waals surface area contributed by atoms with Crippen molar-refractivity contribution in [3.63, 3.8) is 0 Å². The van der Waals surface area contributed by atoms with Crippen LogP contribution in [0.15, 0.2) is 0 Å². The average molecular weight is 275 g/mol. The summed E-state index contributed by atoms with van der Waals surface area (Å²) < 4.78 is 10.8. The fraction of sp³-hybridized carbons (Fsp3) is 0.833. The molecule has 0 aromatic rings. The van der Waals surface area contributed by atoms with Crippen LogP contribution in [-0.4, -0.2) is 46.8 Å². The van der Waals surface area contributed by atoms with Crippen LogP contribution < -0.4 is 0 Å². The molecule has 1 fully saturated rings. The first kappa shape index (κ1) is 15.3. The smallest absolute Gasteiger partial charge is 0.324 e. The van der Waals surface area contributed by atoms with E-state index in [-0.39, 0.29) is 17.5 Å². The van der Waals surface area contributed by atoms with Crippen molar-refractivity contribution in [1.82, 2.24) is 4.31 Å². The molecule has 0 aromatic carbocycles. The Kier molecular flexibility index (Phi) is 4.33. The molecule has 104 valence electrons. The van der Waals surface area contributed by atoms with Gasteiger partial charge in [0.2, 0.25) is 0 Å². The third-order valence-corrected chi connectivity index (χ3v) is 4.65. The summed E-state index contributed by atoms with van der Waals surface area (Å²) in [5.41, 5.74) is -0.241. The van der Waals surface area contributed by atoms with Gasteiger partial charge in [0.15, 0.2) is 0 Å². The van der Waals surface area contributed by atoms with Gasteiger partial charge in [-0.2, -0.15) is 0 Å². The summed E-state index contributed by atoms with van der Waals surface area (Å²) in [6.07, 6.45) is 0.397. The summed E-state index contributed by atoms with van der Waals surface area (Å²) in [6, 6.07) is -0.427. The van der Waals surface area contributed by atoms with E-state index in [1.165, 1.54) is 26.2 Å². The highest BCUT2D eigenvalue weighted by atomic mass is 32.2. The van der Waals surface area contributed by atoms with Gasteiger partial charge in [0.05, 0.1) is 14.2 Å². The molecular weight excluding hydrogens is 254 g/mol. The molecule has 1 aliphatic rings. The lowest BCUT2D eigenvalue weighted by Crippen LogP contribution is -2.44. The lowest BCUT2D eigenvalue weighted by molar-refractivity contribution is -0.147. The molecule has 1 heterocycles. The average Bonchev–Trinajstić information content (AvgIpc) is 2.66. The van der Waals surface area contributed by atoms with Gasteiger partial charge in [-0.15, -0.1) is 0 Å². The number of carbonyl (C=O) groups is 2. The van der Waals surface area contributed by atoms with Gasteiger partial charge in [0.25, 0.3) is 0 Å². The Morgan fingerprint density at radius 1 is 1.28 bits per heavy atom. The van der Waals surface area contributed by atoms with Crippen molar-refractivity contribution in [2.75, 3.05) is 14.2 Å². The lowest BCUT2D eigenvalue weighted by atomic mass is 9.98. The Morgan fingerprint density at radius 3 is 2.22 bits per heavy atom. The molecule has 0 radical (unpaired) electrons. The second-order valence-electron chi connectivity index (χ2n) is 5.55. The molecule has 0 aliphatic carbocycles. The second-order valence-corrected chi connectivity index (χ2v) is 7.03.